The van der Waals surface area contributed by atoms with Crippen molar-refractivity contribution in [3.8, 4) is 0 Å². The zero-order chi connectivity index (χ0) is 12.1. The van der Waals surface area contributed by atoms with Crippen molar-refractivity contribution in [3.63, 3.8) is 0 Å². The van der Waals surface area contributed by atoms with Crippen molar-refractivity contribution in [2.75, 3.05) is 13.1 Å². The van der Waals surface area contributed by atoms with E-state index in [0.717, 1.165) is 18.7 Å². The lowest BCUT2D eigenvalue weighted by Crippen LogP contribution is -2.45. The Labute approximate surface area is 100 Å². The second-order valence-electron chi connectivity index (χ2n) is 4.08. The van der Waals surface area contributed by atoms with Gasteiger partial charge in [0.05, 0.1) is 12.1 Å². The van der Waals surface area contributed by atoms with Crippen molar-refractivity contribution in [3.05, 3.63) is 30.1 Å². The Balaban J connectivity index is 1.81. The van der Waals surface area contributed by atoms with Gasteiger partial charge in [-0.15, -0.1) is 0 Å². The number of amides is 2. The molecule has 4 N–H and O–H groups in total. The molecule has 0 saturated carbocycles. The summed E-state index contributed by atoms with van der Waals surface area (Å²) < 4.78 is 0. The molecule has 1 unspecified atom stereocenters. The SMILES string of the molecule is CC(NC(=O)NC1CNNC1)c1ccncc1. The standard InChI is InChI=1S/C11H17N5O/c1-8(9-2-4-12-5-3-9)15-11(17)16-10-6-13-14-7-10/h2-5,8,10,13-14H,6-7H2,1H3,(H2,15,16,17). The van der Waals surface area contributed by atoms with Gasteiger partial charge in [0, 0.05) is 25.5 Å². The molecule has 2 heterocycles. The molecule has 6 nitrogen and oxygen atoms in total. The van der Waals surface area contributed by atoms with E-state index in [4.69, 9.17) is 0 Å². The molecule has 0 bridgehead atoms. The van der Waals surface area contributed by atoms with Crippen molar-refractivity contribution in [2.24, 2.45) is 0 Å². The maximum Gasteiger partial charge on any atom is 0.315 e. The molecule has 1 fully saturated rings. The van der Waals surface area contributed by atoms with E-state index in [0.29, 0.717) is 0 Å². The molecule has 2 amide bonds. The fourth-order valence-electron chi connectivity index (χ4n) is 1.72. The quantitative estimate of drug-likeness (QED) is 0.591. The monoisotopic (exact) mass is 235 g/mol. The number of hydrazine groups is 1. The maximum absolute atomic E-state index is 11.7. The Kier molecular flexibility index (Phi) is 3.89. The Bertz CT molecular complexity index is 363. The molecule has 1 aromatic heterocycles. The average Bonchev–Trinajstić information content (AvgIpc) is 2.82. The van der Waals surface area contributed by atoms with Gasteiger partial charge in [0.15, 0.2) is 0 Å². The molecule has 0 spiro atoms. The van der Waals surface area contributed by atoms with Crippen molar-refractivity contribution >= 4 is 6.03 Å². The van der Waals surface area contributed by atoms with Crippen molar-refractivity contribution in [1.82, 2.24) is 26.5 Å². The molecule has 1 saturated heterocycles. The van der Waals surface area contributed by atoms with Crippen LogP contribution in [0.15, 0.2) is 24.5 Å². The first kappa shape index (κ1) is 11.8. The second kappa shape index (κ2) is 5.60. The van der Waals surface area contributed by atoms with Gasteiger partial charge in [-0.3, -0.25) is 15.8 Å². The predicted molar refractivity (Wildman–Crippen MR) is 64.1 cm³/mol. The molecule has 6 heteroatoms. The summed E-state index contributed by atoms with van der Waals surface area (Å²) in [6, 6.07) is 3.75. The highest BCUT2D eigenvalue weighted by molar-refractivity contribution is 5.74. The number of carbonyl (C=O) groups excluding carboxylic acids is 1. The zero-order valence-corrected chi connectivity index (χ0v) is 9.73. The molecular weight excluding hydrogens is 218 g/mol. The Hall–Kier alpha value is -1.66. The highest BCUT2D eigenvalue weighted by atomic mass is 16.2. The van der Waals surface area contributed by atoms with Crippen LogP contribution in [0.2, 0.25) is 0 Å². The van der Waals surface area contributed by atoms with Crippen LogP contribution in [0.4, 0.5) is 4.79 Å². The Morgan fingerprint density at radius 1 is 1.41 bits per heavy atom. The predicted octanol–water partition coefficient (Wildman–Crippen LogP) is -0.0818. The van der Waals surface area contributed by atoms with Crippen molar-refractivity contribution in [1.29, 1.82) is 0 Å². The minimum atomic E-state index is -0.148. The van der Waals surface area contributed by atoms with Gasteiger partial charge in [-0.2, -0.15) is 0 Å². The van der Waals surface area contributed by atoms with E-state index < -0.39 is 0 Å². The minimum Gasteiger partial charge on any atom is -0.333 e. The number of urea groups is 1. The van der Waals surface area contributed by atoms with Crippen LogP contribution in [0.5, 0.6) is 0 Å². The van der Waals surface area contributed by atoms with E-state index in [-0.39, 0.29) is 18.1 Å². The lowest BCUT2D eigenvalue weighted by Gasteiger charge is -2.17. The normalized spacial score (nSPS) is 17.7. The minimum absolute atomic E-state index is 0.0275. The molecule has 0 aromatic carbocycles. The van der Waals surface area contributed by atoms with Crippen LogP contribution in [-0.4, -0.2) is 30.1 Å². The summed E-state index contributed by atoms with van der Waals surface area (Å²) in [7, 11) is 0. The summed E-state index contributed by atoms with van der Waals surface area (Å²) in [5.41, 5.74) is 6.96. The number of rotatable bonds is 3. The second-order valence-corrected chi connectivity index (χ2v) is 4.08. The Morgan fingerprint density at radius 2 is 2.06 bits per heavy atom. The molecule has 1 atom stereocenters. The zero-order valence-electron chi connectivity index (χ0n) is 9.73. The first-order valence-electron chi connectivity index (χ1n) is 5.68. The molecule has 1 aliphatic heterocycles. The molecule has 1 aliphatic rings. The fourth-order valence-corrected chi connectivity index (χ4v) is 1.72. The third kappa shape index (κ3) is 3.40. The smallest absolute Gasteiger partial charge is 0.315 e. The first-order valence-corrected chi connectivity index (χ1v) is 5.68. The third-order valence-corrected chi connectivity index (χ3v) is 2.71. The van der Waals surface area contributed by atoms with Crippen LogP contribution >= 0.6 is 0 Å². The number of aromatic nitrogens is 1. The number of hydrogen-bond donors (Lipinski definition) is 4. The molecule has 92 valence electrons. The van der Waals surface area contributed by atoms with Gasteiger partial charge in [-0.1, -0.05) is 0 Å². The molecule has 17 heavy (non-hydrogen) atoms. The molecule has 0 radical (unpaired) electrons. The summed E-state index contributed by atoms with van der Waals surface area (Å²) in [4.78, 5) is 15.6. The van der Waals surface area contributed by atoms with Crippen LogP contribution < -0.4 is 21.5 Å². The Morgan fingerprint density at radius 3 is 2.71 bits per heavy atom. The molecule has 0 aliphatic carbocycles. The van der Waals surface area contributed by atoms with Crippen molar-refractivity contribution < 1.29 is 4.79 Å². The lowest BCUT2D eigenvalue weighted by molar-refractivity contribution is 0.235. The van der Waals surface area contributed by atoms with Crippen LogP contribution in [0.3, 0.4) is 0 Å². The molecular formula is C11H17N5O. The number of nitrogens with zero attached hydrogens (tertiary/aromatic N) is 1. The van der Waals surface area contributed by atoms with Gasteiger partial charge >= 0.3 is 6.03 Å². The topological polar surface area (TPSA) is 78.1 Å². The average molecular weight is 235 g/mol. The molecule has 2 rings (SSSR count). The van der Waals surface area contributed by atoms with Gasteiger partial charge in [0.2, 0.25) is 0 Å². The van der Waals surface area contributed by atoms with Crippen LogP contribution in [0, 0.1) is 0 Å². The molecule has 1 aromatic rings. The van der Waals surface area contributed by atoms with E-state index in [2.05, 4.69) is 26.5 Å². The van der Waals surface area contributed by atoms with E-state index in [9.17, 15) is 4.79 Å². The van der Waals surface area contributed by atoms with Gasteiger partial charge < -0.3 is 10.6 Å². The maximum atomic E-state index is 11.7. The number of pyridine rings is 1. The van der Waals surface area contributed by atoms with Crippen molar-refractivity contribution in [2.45, 2.75) is 19.0 Å². The first-order chi connectivity index (χ1) is 8.25. The van der Waals surface area contributed by atoms with Gasteiger partial charge in [0.25, 0.3) is 0 Å². The van der Waals surface area contributed by atoms with Gasteiger partial charge in [-0.05, 0) is 24.6 Å². The summed E-state index contributed by atoms with van der Waals surface area (Å²) >= 11 is 0. The van der Waals surface area contributed by atoms with Crippen LogP contribution in [-0.2, 0) is 0 Å². The summed E-state index contributed by atoms with van der Waals surface area (Å²) in [6.45, 7) is 3.44. The summed E-state index contributed by atoms with van der Waals surface area (Å²) in [6.07, 6.45) is 3.44. The van der Waals surface area contributed by atoms with Crippen LogP contribution in [0.25, 0.3) is 0 Å². The fraction of sp³-hybridized carbons (Fsp3) is 0.455. The number of hydrogen-bond acceptors (Lipinski definition) is 4. The van der Waals surface area contributed by atoms with E-state index in [1.165, 1.54) is 0 Å². The van der Waals surface area contributed by atoms with Gasteiger partial charge in [0.1, 0.15) is 0 Å². The van der Waals surface area contributed by atoms with E-state index in [1.54, 1.807) is 12.4 Å². The number of nitrogens with one attached hydrogen (secondary N) is 4. The third-order valence-electron chi connectivity index (χ3n) is 2.71. The lowest BCUT2D eigenvalue weighted by atomic mass is 10.1. The number of carbonyl (C=O) groups is 1. The summed E-state index contributed by atoms with van der Waals surface area (Å²) in [5.74, 6) is 0. The van der Waals surface area contributed by atoms with E-state index in [1.807, 2.05) is 19.1 Å². The van der Waals surface area contributed by atoms with Crippen LogP contribution in [0.1, 0.15) is 18.5 Å². The highest BCUT2D eigenvalue weighted by Gasteiger charge is 2.17. The summed E-state index contributed by atoms with van der Waals surface area (Å²) in [5, 5.41) is 5.78. The van der Waals surface area contributed by atoms with E-state index >= 15 is 0 Å². The largest absolute Gasteiger partial charge is 0.333 e. The highest BCUT2D eigenvalue weighted by Crippen LogP contribution is 2.09. The van der Waals surface area contributed by atoms with Gasteiger partial charge in [-0.25, -0.2) is 4.79 Å².